The number of hydrogen-bond acceptors (Lipinski definition) is 3. The number of methoxy groups -OCH3 is 1. The van der Waals surface area contributed by atoms with Crippen LogP contribution < -0.4 is 15.2 Å². The number of benzene rings is 1. The van der Waals surface area contributed by atoms with Gasteiger partial charge in [-0.15, -0.1) is 0 Å². The highest BCUT2D eigenvalue weighted by Gasteiger charge is 2.16. The summed E-state index contributed by atoms with van der Waals surface area (Å²) in [4.78, 5) is 0. The van der Waals surface area contributed by atoms with Crippen LogP contribution in [0, 0.1) is 0 Å². The molecule has 114 valence electrons. The summed E-state index contributed by atoms with van der Waals surface area (Å²) in [6.45, 7) is 6.30. The van der Waals surface area contributed by atoms with Crippen LogP contribution >= 0.6 is 0 Å². The van der Waals surface area contributed by atoms with Crippen molar-refractivity contribution in [2.24, 2.45) is 5.73 Å². The highest BCUT2D eigenvalue weighted by Crippen LogP contribution is 2.33. The van der Waals surface area contributed by atoms with Gasteiger partial charge in [-0.05, 0) is 38.8 Å². The molecule has 0 aromatic heterocycles. The fourth-order valence-corrected chi connectivity index (χ4v) is 2.39. The van der Waals surface area contributed by atoms with Crippen LogP contribution in [-0.4, -0.2) is 13.2 Å². The van der Waals surface area contributed by atoms with Crippen molar-refractivity contribution < 1.29 is 9.47 Å². The predicted molar refractivity (Wildman–Crippen MR) is 84.4 cm³/mol. The molecule has 1 aromatic carbocycles. The summed E-state index contributed by atoms with van der Waals surface area (Å²) in [7, 11) is 1.67. The molecule has 20 heavy (non-hydrogen) atoms. The average Bonchev–Trinajstić information content (AvgIpc) is 2.43. The molecular formula is C17H29NO2. The molecule has 3 heteroatoms. The minimum absolute atomic E-state index is 0.103. The predicted octanol–water partition coefficient (Wildman–Crippen LogP) is 4.45. The Morgan fingerprint density at radius 2 is 1.80 bits per heavy atom. The first-order valence-corrected chi connectivity index (χ1v) is 7.69. The number of ether oxygens (including phenoxy) is 2. The van der Waals surface area contributed by atoms with Crippen LogP contribution in [0.1, 0.15) is 64.5 Å². The minimum Gasteiger partial charge on any atom is -0.496 e. The molecule has 1 aromatic rings. The fraction of sp³-hybridized carbons (Fsp3) is 0.647. The topological polar surface area (TPSA) is 44.5 Å². The summed E-state index contributed by atoms with van der Waals surface area (Å²) in [5, 5.41) is 0. The van der Waals surface area contributed by atoms with E-state index in [0.29, 0.717) is 0 Å². The first kappa shape index (κ1) is 16.8. The van der Waals surface area contributed by atoms with Crippen LogP contribution in [-0.2, 0) is 0 Å². The lowest BCUT2D eigenvalue weighted by Crippen LogP contribution is -2.15. The lowest BCUT2D eigenvalue weighted by atomic mass is 10.1. The Hall–Kier alpha value is -1.22. The Labute approximate surface area is 123 Å². The van der Waals surface area contributed by atoms with Gasteiger partial charge in [0.1, 0.15) is 11.5 Å². The first-order chi connectivity index (χ1) is 9.60. The molecule has 0 heterocycles. The molecule has 0 saturated heterocycles. The van der Waals surface area contributed by atoms with Crippen LogP contribution in [0.25, 0.3) is 0 Å². The highest BCUT2D eigenvalue weighted by atomic mass is 16.5. The molecule has 0 radical (unpaired) electrons. The lowest BCUT2D eigenvalue weighted by molar-refractivity contribution is 0.202. The van der Waals surface area contributed by atoms with Gasteiger partial charge >= 0.3 is 0 Å². The van der Waals surface area contributed by atoms with E-state index in [1.807, 2.05) is 25.1 Å². The molecule has 0 spiro atoms. The van der Waals surface area contributed by atoms with Crippen molar-refractivity contribution in [1.29, 1.82) is 0 Å². The second-order valence-corrected chi connectivity index (χ2v) is 5.44. The van der Waals surface area contributed by atoms with Gasteiger partial charge < -0.3 is 15.2 Å². The Balaban J connectivity index is 2.66. The Morgan fingerprint density at radius 1 is 1.10 bits per heavy atom. The maximum absolute atomic E-state index is 6.07. The van der Waals surface area contributed by atoms with Crippen molar-refractivity contribution in [2.75, 3.05) is 7.11 Å². The minimum atomic E-state index is -0.103. The molecule has 2 N–H and O–H groups in total. The van der Waals surface area contributed by atoms with E-state index in [0.717, 1.165) is 23.5 Å². The van der Waals surface area contributed by atoms with Crippen molar-refractivity contribution in [3.05, 3.63) is 23.8 Å². The standard InChI is InChI=1S/C17H29NO2/c1-5-6-7-8-10-13(2)20-16-12-9-11-15(19-4)17(16)14(3)18/h9,11-14H,5-8,10,18H2,1-4H3/t13?,14-/m1/s1. The van der Waals surface area contributed by atoms with Gasteiger partial charge in [0.25, 0.3) is 0 Å². The third-order valence-corrected chi connectivity index (χ3v) is 3.49. The molecule has 0 aliphatic carbocycles. The van der Waals surface area contributed by atoms with Gasteiger partial charge in [0.2, 0.25) is 0 Å². The Bertz CT molecular complexity index is 391. The maximum Gasteiger partial charge on any atom is 0.128 e. The average molecular weight is 279 g/mol. The zero-order valence-electron chi connectivity index (χ0n) is 13.3. The second kappa shape index (κ2) is 8.85. The zero-order valence-corrected chi connectivity index (χ0v) is 13.3. The third-order valence-electron chi connectivity index (χ3n) is 3.49. The zero-order chi connectivity index (χ0) is 15.0. The smallest absolute Gasteiger partial charge is 0.128 e. The summed E-state index contributed by atoms with van der Waals surface area (Å²) >= 11 is 0. The van der Waals surface area contributed by atoms with E-state index in [-0.39, 0.29) is 12.1 Å². The summed E-state index contributed by atoms with van der Waals surface area (Å²) < 4.78 is 11.5. The molecule has 3 nitrogen and oxygen atoms in total. The van der Waals surface area contributed by atoms with Gasteiger partial charge in [0, 0.05) is 6.04 Å². The van der Waals surface area contributed by atoms with E-state index in [1.54, 1.807) is 7.11 Å². The molecule has 0 aliphatic heterocycles. The van der Waals surface area contributed by atoms with Gasteiger partial charge in [-0.2, -0.15) is 0 Å². The van der Waals surface area contributed by atoms with Crippen LogP contribution in [0.3, 0.4) is 0 Å². The quantitative estimate of drug-likeness (QED) is 0.679. The lowest BCUT2D eigenvalue weighted by Gasteiger charge is -2.21. The summed E-state index contributed by atoms with van der Waals surface area (Å²) in [6.07, 6.45) is 6.35. The monoisotopic (exact) mass is 279 g/mol. The number of rotatable bonds is 9. The highest BCUT2D eigenvalue weighted by molar-refractivity contribution is 5.46. The summed E-state index contributed by atoms with van der Waals surface area (Å²) in [5.74, 6) is 1.65. The Kier molecular flexibility index (Phi) is 7.45. The van der Waals surface area contributed by atoms with Gasteiger partial charge in [0.15, 0.2) is 0 Å². The molecule has 0 amide bonds. The maximum atomic E-state index is 6.07. The SMILES string of the molecule is CCCCCCC(C)Oc1cccc(OC)c1[C@@H](C)N. The number of unbranched alkanes of at least 4 members (excludes halogenated alkanes) is 3. The molecule has 0 saturated carbocycles. The van der Waals surface area contributed by atoms with Crippen molar-refractivity contribution in [3.63, 3.8) is 0 Å². The largest absolute Gasteiger partial charge is 0.496 e. The molecule has 1 unspecified atom stereocenters. The third kappa shape index (κ3) is 5.04. The van der Waals surface area contributed by atoms with Crippen molar-refractivity contribution >= 4 is 0 Å². The number of nitrogens with two attached hydrogens (primary N) is 1. The van der Waals surface area contributed by atoms with E-state index in [2.05, 4.69) is 13.8 Å². The van der Waals surface area contributed by atoms with Gasteiger partial charge in [-0.1, -0.05) is 32.3 Å². The fourth-order valence-electron chi connectivity index (χ4n) is 2.39. The van der Waals surface area contributed by atoms with Gasteiger partial charge in [-0.25, -0.2) is 0 Å². The molecule has 1 rings (SSSR count). The van der Waals surface area contributed by atoms with E-state index in [9.17, 15) is 0 Å². The summed E-state index contributed by atoms with van der Waals surface area (Å²) in [5.41, 5.74) is 7.00. The van der Waals surface area contributed by atoms with Gasteiger partial charge in [0.05, 0.1) is 18.8 Å². The number of hydrogen-bond donors (Lipinski definition) is 1. The molecular weight excluding hydrogens is 250 g/mol. The molecule has 0 bridgehead atoms. The van der Waals surface area contributed by atoms with E-state index < -0.39 is 0 Å². The Morgan fingerprint density at radius 3 is 2.40 bits per heavy atom. The summed E-state index contributed by atoms with van der Waals surface area (Å²) in [6, 6.07) is 5.75. The van der Waals surface area contributed by atoms with E-state index in [4.69, 9.17) is 15.2 Å². The molecule has 0 fully saturated rings. The first-order valence-electron chi connectivity index (χ1n) is 7.69. The molecule has 2 atom stereocenters. The van der Waals surface area contributed by atoms with Crippen LogP contribution in [0.15, 0.2) is 18.2 Å². The normalized spacial score (nSPS) is 13.8. The van der Waals surface area contributed by atoms with Crippen LogP contribution in [0.5, 0.6) is 11.5 Å². The van der Waals surface area contributed by atoms with E-state index >= 15 is 0 Å². The van der Waals surface area contributed by atoms with Crippen LogP contribution in [0.4, 0.5) is 0 Å². The molecule has 0 aliphatic rings. The van der Waals surface area contributed by atoms with Gasteiger partial charge in [-0.3, -0.25) is 0 Å². The van der Waals surface area contributed by atoms with Crippen molar-refractivity contribution in [3.8, 4) is 11.5 Å². The second-order valence-electron chi connectivity index (χ2n) is 5.44. The van der Waals surface area contributed by atoms with Crippen molar-refractivity contribution in [1.82, 2.24) is 0 Å². The van der Waals surface area contributed by atoms with E-state index in [1.165, 1.54) is 25.7 Å². The van der Waals surface area contributed by atoms with Crippen molar-refractivity contribution in [2.45, 2.75) is 65.0 Å². The van der Waals surface area contributed by atoms with Crippen LogP contribution in [0.2, 0.25) is 0 Å².